The molecular weight excluding hydrogens is 354 g/mol. The van der Waals surface area contributed by atoms with Crippen LogP contribution in [0.1, 0.15) is 24.0 Å². The smallest absolute Gasteiger partial charge is 0.323 e. The Bertz CT molecular complexity index is 1070. The van der Waals surface area contributed by atoms with Gasteiger partial charge in [-0.2, -0.15) is 0 Å². The fourth-order valence-corrected chi connectivity index (χ4v) is 4.30. The van der Waals surface area contributed by atoms with E-state index in [-0.39, 0.29) is 11.6 Å². The fraction of sp³-hybridized carbons (Fsp3) is 0.333. The number of carbonyl (C=O) groups excluding carboxylic acids is 1. The first kappa shape index (κ1) is 17.1. The molecule has 3 heterocycles. The van der Waals surface area contributed by atoms with E-state index in [9.17, 15) is 9.59 Å². The predicted molar refractivity (Wildman–Crippen MR) is 110 cm³/mol. The number of anilines is 2. The first-order valence-electron chi connectivity index (χ1n) is 9.76. The van der Waals surface area contributed by atoms with Crippen molar-refractivity contribution >= 4 is 28.3 Å². The van der Waals surface area contributed by atoms with Crippen LogP contribution in [-0.2, 0) is 17.9 Å². The highest BCUT2D eigenvalue weighted by molar-refractivity contribution is 5.99. The molecule has 1 fully saturated rings. The third-order valence-electron chi connectivity index (χ3n) is 5.63. The molecule has 1 amide bonds. The van der Waals surface area contributed by atoms with Crippen LogP contribution in [0.5, 0.6) is 0 Å². The maximum absolute atomic E-state index is 12.8. The van der Waals surface area contributed by atoms with E-state index in [0.29, 0.717) is 12.1 Å². The van der Waals surface area contributed by atoms with Gasteiger partial charge in [0.2, 0.25) is 5.91 Å². The molecule has 0 spiro atoms. The highest BCUT2D eigenvalue weighted by atomic mass is 16.2. The van der Waals surface area contributed by atoms with Gasteiger partial charge in [-0.3, -0.25) is 9.69 Å². The molecule has 0 radical (unpaired) electrons. The molecule has 7 heteroatoms. The largest absolute Gasteiger partial charge is 0.370 e. The van der Waals surface area contributed by atoms with Crippen molar-refractivity contribution in [1.29, 1.82) is 0 Å². The van der Waals surface area contributed by atoms with Crippen molar-refractivity contribution in [1.82, 2.24) is 14.9 Å². The van der Waals surface area contributed by atoms with Gasteiger partial charge in [0.05, 0.1) is 29.0 Å². The number of aromatic nitrogens is 2. The Balaban J connectivity index is 1.37. The molecule has 28 heavy (non-hydrogen) atoms. The van der Waals surface area contributed by atoms with Crippen LogP contribution in [0.15, 0.2) is 41.2 Å². The molecule has 5 rings (SSSR count). The van der Waals surface area contributed by atoms with Crippen LogP contribution < -0.4 is 15.9 Å². The molecule has 1 aromatic heterocycles. The van der Waals surface area contributed by atoms with E-state index in [1.54, 1.807) is 0 Å². The van der Waals surface area contributed by atoms with Crippen LogP contribution in [0, 0.1) is 0 Å². The molecule has 2 aliphatic heterocycles. The molecular formula is C21H23N5O2. The Labute approximate surface area is 162 Å². The number of hydrogen-bond acceptors (Lipinski definition) is 4. The van der Waals surface area contributed by atoms with Crippen LogP contribution >= 0.6 is 0 Å². The van der Waals surface area contributed by atoms with Gasteiger partial charge in [0.1, 0.15) is 0 Å². The lowest BCUT2D eigenvalue weighted by molar-refractivity contribution is -0.117. The van der Waals surface area contributed by atoms with Gasteiger partial charge in [0.25, 0.3) is 0 Å². The van der Waals surface area contributed by atoms with Crippen LogP contribution in [0.4, 0.5) is 11.4 Å². The number of rotatable bonds is 4. The monoisotopic (exact) mass is 377 g/mol. The molecule has 7 nitrogen and oxygen atoms in total. The van der Waals surface area contributed by atoms with Gasteiger partial charge in [0.15, 0.2) is 0 Å². The van der Waals surface area contributed by atoms with Crippen molar-refractivity contribution in [2.24, 2.45) is 0 Å². The number of imidazole rings is 1. The lowest BCUT2D eigenvalue weighted by atomic mass is 10.1. The summed E-state index contributed by atoms with van der Waals surface area (Å²) in [6, 6.07) is 12.1. The quantitative estimate of drug-likeness (QED) is 0.652. The first-order valence-corrected chi connectivity index (χ1v) is 9.76. The number of H-pyrrole nitrogens is 2. The van der Waals surface area contributed by atoms with E-state index in [4.69, 9.17) is 0 Å². The molecule has 3 N–H and O–H groups in total. The summed E-state index contributed by atoms with van der Waals surface area (Å²) in [5, 5.41) is 3.08. The summed E-state index contributed by atoms with van der Waals surface area (Å²) in [5.41, 5.74) is 5.54. The second-order valence-electron chi connectivity index (χ2n) is 7.65. The van der Waals surface area contributed by atoms with Gasteiger partial charge in [0, 0.05) is 26.2 Å². The average Bonchev–Trinajstić information content (AvgIpc) is 3.38. The molecule has 3 aromatic rings. The minimum Gasteiger partial charge on any atom is -0.370 e. The van der Waals surface area contributed by atoms with Gasteiger partial charge in [-0.05, 0) is 36.1 Å². The van der Waals surface area contributed by atoms with E-state index in [1.165, 1.54) is 11.1 Å². The van der Waals surface area contributed by atoms with Crippen molar-refractivity contribution in [2.75, 3.05) is 29.9 Å². The summed E-state index contributed by atoms with van der Waals surface area (Å²) >= 11 is 0. The summed E-state index contributed by atoms with van der Waals surface area (Å²) in [7, 11) is 0. The third kappa shape index (κ3) is 3.18. The Morgan fingerprint density at radius 1 is 1.00 bits per heavy atom. The summed E-state index contributed by atoms with van der Waals surface area (Å²) < 4.78 is 0. The molecule has 0 aliphatic carbocycles. The van der Waals surface area contributed by atoms with E-state index in [2.05, 4.69) is 37.2 Å². The zero-order valence-corrected chi connectivity index (χ0v) is 15.6. The lowest BCUT2D eigenvalue weighted by Gasteiger charge is -2.22. The number of fused-ring (bicyclic) bond motifs is 2. The molecule has 2 aliphatic rings. The Kier molecular flexibility index (Phi) is 4.16. The van der Waals surface area contributed by atoms with Gasteiger partial charge >= 0.3 is 5.69 Å². The molecule has 0 atom stereocenters. The minimum absolute atomic E-state index is 0.0366. The standard InChI is InChI=1S/C21H23N5O2/c27-20(13-25-11-14-5-1-2-6-15(14)12-25)22-18-9-16-17(24-21(28)23-16)10-19(18)26-7-3-4-8-26/h1-2,5-6,9-10H,3-4,7-8,11-13H2,(H,22,27)(H2,23,24,28). The van der Waals surface area contributed by atoms with Crippen LogP contribution in [-0.4, -0.2) is 40.4 Å². The number of benzene rings is 2. The van der Waals surface area contributed by atoms with Crippen LogP contribution in [0.3, 0.4) is 0 Å². The summed E-state index contributed by atoms with van der Waals surface area (Å²) in [6.07, 6.45) is 2.28. The van der Waals surface area contributed by atoms with E-state index in [1.807, 2.05) is 24.3 Å². The van der Waals surface area contributed by atoms with Gasteiger partial charge in [-0.25, -0.2) is 4.79 Å². The van der Waals surface area contributed by atoms with E-state index in [0.717, 1.165) is 55.9 Å². The molecule has 2 aromatic carbocycles. The number of hydrogen-bond donors (Lipinski definition) is 3. The fourth-order valence-electron chi connectivity index (χ4n) is 4.30. The highest BCUT2D eigenvalue weighted by Crippen LogP contribution is 2.32. The average molecular weight is 377 g/mol. The number of nitrogens with zero attached hydrogens (tertiary/aromatic N) is 2. The Morgan fingerprint density at radius 3 is 2.32 bits per heavy atom. The summed E-state index contributed by atoms with van der Waals surface area (Å²) in [4.78, 5) is 34.5. The number of nitrogens with one attached hydrogen (secondary N) is 3. The van der Waals surface area contributed by atoms with Crippen LogP contribution in [0.2, 0.25) is 0 Å². The third-order valence-corrected chi connectivity index (χ3v) is 5.63. The van der Waals surface area contributed by atoms with Gasteiger partial charge < -0.3 is 20.2 Å². The minimum atomic E-state index is -0.235. The number of aromatic amines is 2. The molecule has 0 bridgehead atoms. The zero-order chi connectivity index (χ0) is 19.1. The lowest BCUT2D eigenvalue weighted by Crippen LogP contribution is -2.30. The number of amides is 1. The number of carbonyl (C=O) groups is 1. The van der Waals surface area contributed by atoms with Crippen molar-refractivity contribution in [2.45, 2.75) is 25.9 Å². The van der Waals surface area contributed by atoms with Crippen molar-refractivity contribution < 1.29 is 4.79 Å². The van der Waals surface area contributed by atoms with Crippen molar-refractivity contribution in [3.63, 3.8) is 0 Å². The molecule has 0 unspecified atom stereocenters. The first-order chi connectivity index (χ1) is 13.7. The SMILES string of the molecule is O=C(CN1Cc2ccccc2C1)Nc1cc2[nH]c(=O)[nH]c2cc1N1CCCC1. The van der Waals surface area contributed by atoms with Crippen LogP contribution in [0.25, 0.3) is 11.0 Å². The maximum Gasteiger partial charge on any atom is 0.323 e. The second kappa shape index (κ2) is 6.83. The second-order valence-corrected chi connectivity index (χ2v) is 7.65. The Morgan fingerprint density at radius 2 is 1.64 bits per heavy atom. The van der Waals surface area contributed by atoms with Gasteiger partial charge in [-0.15, -0.1) is 0 Å². The maximum atomic E-state index is 12.8. The normalized spacial score (nSPS) is 16.6. The predicted octanol–water partition coefficient (Wildman–Crippen LogP) is 2.41. The summed E-state index contributed by atoms with van der Waals surface area (Å²) in [6.45, 7) is 3.87. The zero-order valence-electron chi connectivity index (χ0n) is 15.6. The molecule has 1 saturated heterocycles. The Hall–Kier alpha value is -3.06. The molecule has 0 saturated carbocycles. The topological polar surface area (TPSA) is 84.2 Å². The van der Waals surface area contributed by atoms with Crippen molar-refractivity contribution in [3.05, 3.63) is 58.0 Å². The highest BCUT2D eigenvalue weighted by Gasteiger charge is 2.22. The van der Waals surface area contributed by atoms with Gasteiger partial charge in [-0.1, -0.05) is 24.3 Å². The van der Waals surface area contributed by atoms with Crippen molar-refractivity contribution in [3.8, 4) is 0 Å². The molecule has 144 valence electrons. The van der Waals surface area contributed by atoms with E-state index >= 15 is 0 Å². The van der Waals surface area contributed by atoms with E-state index < -0.39 is 0 Å². The summed E-state index contributed by atoms with van der Waals surface area (Å²) in [5.74, 6) is -0.0366.